The Morgan fingerprint density at radius 2 is 1.90 bits per heavy atom. The van der Waals surface area contributed by atoms with E-state index in [0.29, 0.717) is 5.56 Å². The topological polar surface area (TPSA) is 69.2 Å². The van der Waals surface area contributed by atoms with E-state index in [9.17, 15) is 13.6 Å². The summed E-state index contributed by atoms with van der Waals surface area (Å²) >= 11 is 0. The minimum atomic E-state index is -2.95. The molecule has 1 amide bonds. The highest BCUT2D eigenvalue weighted by Gasteiger charge is 2.11. The number of alkyl halides is 2. The third kappa shape index (κ3) is 7.06. The Balaban J connectivity index is 1.83. The van der Waals surface area contributed by atoms with Gasteiger partial charge in [-0.05, 0) is 42.7 Å². The number of carbonyl (C=O) groups is 1. The fourth-order valence-corrected chi connectivity index (χ4v) is 2.56. The number of halogens is 2. The lowest BCUT2D eigenvalue weighted by Crippen LogP contribution is -2.29. The normalized spacial score (nSPS) is 12.1. The lowest BCUT2D eigenvalue weighted by molar-refractivity contribution is -0.126. The number of nitrogens with one attached hydrogen (secondary N) is 1. The van der Waals surface area contributed by atoms with Crippen molar-refractivity contribution in [1.82, 2.24) is 5.32 Å². The van der Waals surface area contributed by atoms with E-state index >= 15 is 0 Å². The van der Waals surface area contributed by atoms with Crippen molar-refractivity contribution in [2.24, 2.45) is 5.16 Å². The van der Waals surface area contributed by atoms with Crippen LogP contribution in [-0.4, -0.2) is 32.4 Å². The van der Waals surface area contributed by atoms with Crippen LogP contribution in [0, 0.1) is 0 Å². The van der Waals surface area contributed by atoms with Crippen LogP contribution in [0.15, 0.2) is 47.6 Å². The number of amides is 1. The number of ether oxygens (including phenoxy) is 2. The summed E-state index contributed by atoms with van der Waals surface area (Å²) in [6.07, 6.45) is 2.30. The van der Waals surface area contributed by atoms with E-state index in [1.807, 2.05) is 31.2 Å². The maximum Gasteiger partial charge on any atom is 0.387 e. The van der Waals surface area contributed by atoms with Crippen molar-refractivity contribution in [2.75, 3.05) is 13.7 Å². The molecule has 0 aliphatic carbocycles. The summed E-state index contributed by atoms with van der Waals surface area (Å²) in [5.74, 6) is -0.261. The Hall–Kier alpha value is -3.16. The van der Waals surface area contributed by atoms with E-state index < -0.39 is 6.61 Å². The van der Waals surface area contributed by atoms with Gasteiger partial charge < -0.3 is 19.6 Å². The smallest absolute Gasteiger partial charge is 0.387 e. The van der Waals surface area contributed by atoms with E-state index in [1.54, 1.807) is 0 Å². The molecule has 1 atom stereocenters. The predicted molar refractivity (Wildman–Crippen MR) is 106 cm³/mol. The van der Waals surface area contributed by atoms with Crippen molar-refractivity contribution >= 4 is 12.1 Å². The second-order valence-electron chi connectivity index (χ2n) is 6.18. The fourth-order valence-electron chi connectivity index (χ4n) is 2.56. The number of benzene rings is 2. The van der Waals surface area contributed by atoms with Gasteiger partial charge in [0, 0.05) is 5.56 Å². The van der Waals surface area contributed by atoms with Crippen LogP contribution in [0.5, 0.6) is 11.5 Å². The largest absolute Gasteiger partial charge is 0.493 e. The molecule has 0 aromatic heterocycles. The van der Waals surface area contributed by atoms with Gasteiger partial charge in [-0.25, -0.2) is 0 Å². The van der Waals surface area contributed by atoms with Gasteiger partial charge in [0.25, 0.3) is 5.91 Å². The minimum absolute atomic E-state index is 0.0825. The molecule has 0 heterocycles. The lowest BCUT2D eigenvalue weighted by Gasteiger charge is -2.14. The summed E-state index contributed by atoms with van der Waals surface area (Å²) in [4.78, 5) is 17.0. The van der Waals surface area contributed by atoms with E-state index in [4.69, 9.17) is 9.57 Å². The number of aryl methyl sites for hydroxylation is 1. The Morgan fingerprint density at radius 3 is 2.52 bits per heavy atom. The monoisotopic (exact) mass is 406 g/mol. The van der Waals surface area contributed by atoms with Gasteiger partial charge in [-0.1, -0.05) is 36.3 Å². The van der Waals surface area contributed by atoms with Crippen LogP contribution >= 0.6 is 0 Å². The molecule has 0 bridgehead atoms. The first-order chi connectivity index (χ1) is 13.9. The van der Waals surface area contributed by atoms with Crippen LogP contribution in [0.2, 0.25) is 0 Å². The zero-order valence-corrected chi connectivity index (χ0v) is 16.5. The van der Waals surface area contributed by atoms with Gasteiger partial charge in [-0.15, -0.1) is 0 Å². The quantitative estimate of drug-likeness (QED) is 0.477. The number of oxime groups is 1. The molecule has 2 rings (SSSR count). The molecule has 156 valence electrons. The van der Waals surface area contributed by atoms with E-state index in [0.717, 1.165) is 12.0 Å². The molecule has 0 saturated heterocycles. The molecular weight excluding hydrogens is 382 g/mol. The first-order valence-corrected chi connectivity index (χ1v) is 9.09. The number of rotatable bonds is 10. The highest BCUT2D eigenvalue weighted by molar-refractivity contribution is 5.81. The third-order valence-corrected chi connectivity index (χ3v) is 4.14. The van der Waals surface area contributed by atoms with Gasteiger partial charge in [0.2, 0.25) is 0 Å². The van der Waals surface area contributed by atoms with E-state index in [2.05, 4.69) is 22.1 Å². The summed E-state index contributed by atoms with van der Waals surface area (Å²) in [5, 5.41) is 6.55. The first-order valence-electron chi connectivity index (χ1n) is 9.09. The Bertz CT molecular complexity index is 826. The molecular formula is C21H24F2N2O4. The highest BCUT2D eigenvalue weighted by atomic mass is 19.3. The Morgan fingerprint density at radius 1 is 1.17 bits per heavy atom. The van der Waals surface area contributed by atoms with Crippen molar-refractivity contribution in [2.45, 2.75) is 32.9 Å². The number of hydrogen-bond acceptors (Lipinski definition) is 5. The van der Waals surface area contributed by atoms with Gasteiger partial charge >= 0.3 is 6.61 Å². The summed E-state index contributed by atoms with van der Waals surface area (Å²) in [6, 6.07) is 12.2. The standard InChI is InChI=1S/C21H24F2N2O4/c1-4-15-5-8-17(9-6-15)14(2)25-20(26)13-28-24-12-16-7-10-18(29-21(22)23)19(11-16)27-3/h5-12,14,21H,4,13H2,1-3H3,(H,25,26)/b24-12+. The second-order valence-corrected chi connectivity index (χ2v) is 6.18. The van der Waals surface area contributed by atoms with Crippen LogP contribution in [0.25, 0.3) is 0 Å². The zero-order chi connectivity index (χ0) is 21.2. The number of carbonyl (C=O) groups excluding carboxylic acids is 1. The van der Waals surface area contributed by atoms with Crippen molar-refractivity contribution in [3.8, 4) is 11.5 Å². The molecule has 8 heteroatoms. The molecule has 2 aromatic carbocycles. The fraction of sp³-hybridized carbons (Fsp3) is 0.333. The molecule has 0 saturated carbocycles. The molecule has 0 fully saturated rings. The maximum atomic E-state index is 12.3. The summed E-state index contributed by atoms with van der Waals surface area (Å²) in [7, 11) is 1.34. The summed E-state index contributed by atoms with van der Waals surface area (Å²) in [6.45, 7) is 0.770. The van der Waals surface area contributed by atoms with Crippen LogP contribution in [0.3, 0.4) is 0 Å². The third-order valence-electron chi connectivity index (χ3n) is 4.14. The van der Waals surface area contributed by atoms with Crippen LogP contribution in [0.4, 0.5) is 8.78 Å². The van der Waals surface area contributed by atoms with Crippen LogP contribution in [0.1, 0.15) is 36.6 Å². The van der Waals surface area contributed by atoms with Gasteiger partial charge in [-0.3, -0.25) is 4.79 Å². The van der Waals surface area contributed by atoms with Crippen LogP contribution < -0.4 is 14.8 Å². The predicted octanol–water partition coefficient (Wildman–Crippen LogP) is 4.09. The van der Waals surface area contributed by atoms with Crippen molar-refractivity contribution in [3.05, 3.63) is 59.2 Å². The molecule has 0 radical (unpaired) electrons. The maximum absolute atomic E-state index is 12.3. The van der Waals surface area contributed by atoms with Gasteiger partial charge in [0.1, 0.15) is 0 Å². The van der Waals surface area contributed by atoms with Crippen LogP contribution in [-0.2, 0) is 16.1 Å². The molecule has 29 heavy (non-hydrogen) atoms. The molecule has 0 spiro atoms. The second kappa shape index (κ2) is 11.0. The lowest BCUT2D eigenvalue weighted by atomic mass is 10.1. The average molecular weight is 406 g/mol. The van der Waals surface area contributed by atoms with Gasteiger partial charge in [0.05, 0.1) is 19.4 Å². The van der Waals surface area contributed by atoms with E-state index in [-0.39, 0.29) is 30.1 Å². The molecule has 6 nitrogen and oxygen atoms in total. The Kier molecular flexibility index (Phi) is 8.39. The number of hydrogen-bond donors (Lipinski definition) is 1. The Labute approximate surface area is 168 Å². The molecule has 1 N–H and O–H groups in total. The number of methoxy groups -OCH3 is 1. The van der Waals surface area contributed by atoms with Gasteiger partial charge in [-0.2, -0.15) is 8.78 Å². The average Bonchev–Trinajstić information content (AvgIpc) is 2.71. The molecule has 1 unspecified atom stereocenters. The summed E-state index contributed by atoms with van der Waals surface area (Å²) in [5.41, 5.74) is 2.76. The summed E-state index contributed by atoms with van der Waals surface area (Å²) < 4.78 is 34.0. The zero-order valence-electron chi connectivity index (χ0n) is 16.5. The van der Waals surface area contributed by atoms with E-state index in [1.165, 1.54) is 37.1 Å². The van der Waals surface area contributed by atoms with Crippen molar-refractivity contribution < 1.29 is 27.9 Å². The molecule has 0 aliphatic rings. The number of nitrogens with zero attached hydrogens (tertiary/aromatic N) is 1. The minimum Gasteiger partial charge on any atom is -0.493 e. The first kappa shape index (κ1) is 22.1. The highest BCUT2D eigenvalue weighted by Crippen LogP contribution is 2.28. The molecule has 0 aliphatic heterocycles. The molecule has 2 aromatic rings. The van der Waals surface area contributed by atoms with Crippen molar-refractivity contribution in [3.63, 3.8) is 0 Å². The van der Waals surface area contributed by atoms with Gasteiger partial charge in [0.15, 0.2) is 18.1 Å². The SMILES string of the molecule is CCc1ccc(C(C)NC(=O)CO/N=C/c2ccc(OC(F)F)c(OC)c2)cc1. The van der Waals surface area contributed by atoms with Crippen molar-refractivity contribution in [1.29, 1.82) is 0 Å².